The van der Waals surface area contributed by atoms with Crippen LogP contribution in [0.5, 0.6) is 0 Å². The molecule has 0 N–H and O–H groups in total. The van der Waals surface area contributed by atoms with Crippen LogP contribution >= 0.6 is 27.5 Å². The number of nitro groups is 1. The largest absolute Gasteiger partial charge is 0.404 e. The third kappa shape index (κ3) is 3.79. The molecule has 0 aliphatic carbocycles. The topological polar surface area (TPSA) is 61.0 Å². The van der Waals surface area contributed by atoms with Crippen LogP contribution in [0.2, 0.25) is 0 Å². The third-order valence-corrected chi connectivity index (χ3v) is 2.72. The Balaban J connectivity index is 2.48. The standard InChI is InChI=1S/C8H11BrClN3O2/c9-7-6-12(5-3-1-2-4-10)11-8(7)13(14)15/h6H,1-5H2. The summed E-state index contributed by atoms with van der Waals surface area (Å²) in [6, 6.07) is 0. The minimum absolute atomic E-state index is 0.132. The number of aromatic nitrogens is 2. The van der Waals surface area contributed by atoms with Gasteiger partial charge in [0.1, 0.15) is 4.47 Å². The Morgan fingerprint density at radius 3 is 2.80 bits per heavy atom. The van der Waals surface area contributed by atoms with Crippen LogP contribution in [0.1, 0.15) is 19.3 Å². The summed E-state index contributed by atoms with van der Waals surface area (Å²) in [5, 5.41) is 14.3. The lowest BCUT2D eigenvalue weighted by atomic mass is 10.2. The summed E-state index contributed by atoms with van der Waals surface area (Å²) in [6.45, 7) is 0.684. The van der Waals surface area contributed by atoms with Gasteiger partial charge in [0, 0.05) is 5.88 Å². The zero-order valence-electron chi connectivity index (χ0n) is 8.03. The van der Waals surface area contributed by atoms with Gasteiger partial charge < -0.3 is 10.1 Å². The summed E-state index contributed by atoms with van der Waals surface area (Å²) < 4.78 is 2.00. The molecular formula is C8H11BrClN3O2. The van der Waals surface area contributed by atoms with Crippen LogP contribution < -0.4 is 0 Å². The van der Waals surface area contributed by atoms with Crippen LogP contribution in [0.3, 0.4) is 0 Å². The van der Waals surface area contributed by atoms with E-state index in [-0.39, 0.29) is 5.82 Å². The highest BCUT2D eigenvalue weighted by Crippen LogP contribution is 2.22. The first-order valence-electron chi connectivity index (χ1n) is 4.58. The van der Waals surface area contributed by atoms with Crippen molar-refractivity contribution in [3.63, 3.8) is 0 Å². The molecule has 1 aromatic rings. The van der Waals surface area contributed by atoms with Gasteiger partial charge in [-0.05, 0) is 33.7 Å². The first-order chi connectivity index (χ1) is 7.15. The summed E-state index contributed by atoms with van der Waals surface area (Å²) in [5.74, 6) is 0.524. The molecule has 15 heavy (non-hydrogen) atoms. The second kappa shape index (κ2) is 6.07. The lowest BCUT2D eigenvalue weighted by Gasteiger charge is -1.95. The van der Waals surface area contributed by atoms with E-state index in [2.05, 4.69) is 21.0 Å². The average molecular weight is 297 g/mol. The molecule has 1 rings (SSSR count). The molecule has 0 saturated heterocycles. The smallest absolute Gasteiger partial charge is 0.358 e. The van der Waals surface area contributed by atoms with Crippen LogP contribution in [0.4, 0.5) is 5.82 Å². The predicted molar refractivity (Wildman–Crippen MR) is 61.2 cm³/mol. The lowest BCUT2D eigenvalue weighted by Crippen LogP contribution is -1.99. The van der Waals surface area contributed by atoms with Crippen LogP contribution in [0, 0.1) is 10.1 Å². The minimum atomic E-state index is -0.501. The Labute approximate surface area is 101 Å². The minimum Gasteiger partial charge on any atom is -0.358 e. The van der Waals surface area contributed by atoms with Crippen LogP contribution in [0.25, 0.3) is 0 Å². The summed E-state index contributed by atoms with van der Waals surface area (Å²) in [5.41, 5.74) is 0. The van der Waals surface area contributed by atoms with Crippen molar-refractivity contribution in [3.8, 4) is 0 Å². The van der Waals surface area contributed by atoms with Gasteiger partial charge in [-0.1, -0.05) is 6.42 Å². The van der Waals surface area contributed by atoms with Crippen molar-refractivity contribution in [2.24, 2.45) is 0 Å². The van der Waals surface area contributed by atoms with Gasteiger partial charge in [-0.15, -0.1) is 11.6 Å². The van der Waals surface area contributed by atoms with Gasteiger partial charge in [0.15, 0.2) is 0 Å². The van der Waals surface area contributed by atoms with E-state index in [1.54, 1.807) is 10.9 Å². The molecule has 0 aliphatic rings. The molecule has 0 aromatic carbocycles. The number of halogens is 2. The number of unbranched alkanes of at least 4 members (excludes halogenated alkanes) is 2. The Kier molecular flexibility index (Phi) is 5.04. The highest BCUT2D eigenvalue weighted by atomic mass is 79.9. The zero-order valence-corrected chi connectivity index (χ0v) is 10.4. The van der Waals surface area contributed by atoms with E-state index >= 15 is 0 Å². The highest BCUT2D eigenvalue weighted by molar-refractivity contribution is 9.10. The fourth-order valence-electron chi connectivity index (χ4n) is 1.17. The molecule has 0 bridgehead atoms. The molecule has 0 fully saturated rings. The van der Waals surface area contributed by atoms with E-state index < -0.39 is 4.92 Å². The zero-order chi connectivity index (χ0) is 11.3. The van der Waals surface area contributed by atoms with Gasteiger partial charge in [-0.2, -0.15) is 4.68 Å². The molecule has 1 aromatic heterocycles. The Bertz CT molecular complexity index is 343. The Morgan fingerprint density at radius 1 is 1.53 bits per heavy atom. The van der Waals surface area contributed by atoms with Gasteiger partial charge in [0.2, 0.25) is 0 Å². The molecule has 84 valence electrons. The van der Waals surface area contributed by atoms with E-state index in [4.69, 9.17) is 11.6 Å². The molecule has 7 heteroatoms. The van der Waals surface area contributed by atoms with Crippen molar-refractivity contribution in [2.45, 2.75) is 25.8 Å². The van der Waals surface area contributed by atoms with Crippen molar-refractivity contribution in [2.75, 3.05) is 5.88 Å². The predicted octanol–water partition coefficient (Wildman–Crippen LogP) is 2.96. The molecule has 0 unspecified atom stereocenters. The summed E-state index contributed by atoms with van der Waals surface area (Å²) in [7, 11) is 0. The lowest BCUT2D eigenvalue weighted by molar-refractivity contribution is -0.390. The van der Waals surface area contributed by atoms with E-state index in [9.17, 15) is 10.1 Å². The van der Waals surface area contributed by atoms with E-state index in [0.717, 1.165) is 19.3 Å². The highest BCUT2D eigenvalue weighted by Gasteiger charge is 2.17. The summed E-state index contributed by atoms with van der Waals surface area (Å²) in [4.78, 5) is 9.99. The van der Waals surface area contributed by atoms with Gasteiger partial charge in [-0.3, -0.25) is 0 Å². The van der Waals surface area contributed by atoms with Crippen LogP contribution in [-0.4, -0.2) is 20.6 Å². The first-order valence-corrected chi connectivity index (χ1v) is 5.91. The fourth-order valence-corrected chi connectivity index (χ4v) is 1.82. The molecular weight excluding hydrogens is 285 g/mol. The maximum Gasteiger partial charge on any atom is 0.404 e. The molecule has 0 spiro atoms. The molecule has 0 atom stereocenters. The number of hydrogen-bond donors (Lipinski definition) is 0. The quantitative estimate of drug-likeness (QED) is 0.351. The summed E-state index contributed by atoms with van der Waals surface area (Å²) in [6.07, 6.45) is 4.53. The Morgan fingerprint density at radius 2 is 2.27 bits per heavy atom. The van der Waals surface area contributed by atoms with Crippen molar-refractivity contribution in [1.29, 1.82) is 0 Å². The molecule has 1 heterocycles. The maximum atomic E-state index is 10.5. The van der Waals surface area contributed by atoms with Crippen LogP contribution in [-0.2, 0) is 6.54 Å². The van der Waals surface area contributed by atoms with E-state index in [0.29, 0.717) is 16.9 Å². The summed E-state index contributed by atoms with van der Waals surface area (Å²) >= 11 is 8.63. The van der Waals surface area contributed by atoms with Crippen molar-refractivity contribution < 1.29 is 4.92 Å². The molecule has 0 aliphatic heterocycles. The second-order valence-electron chi connectivity index (χ2n) is 3.07. The van der Waals surface area contributed by atoms with E-state index in [1.165, 1.54) is 0 Å². The second-order valence-corrected chi connectivity index (χ2v) is 4.30. The van der Waals surface area contributed by atoms with Gasteiger partial charge in [-0.25, -0.2) is 0 Å². The SMILES string of the molecule is O=[N+]([O-])c1nn(CCCCCCl)cc1Br. The number of hydrogen-bond acceptors (Lipinski definition) is 3. The number of alkyl halides is 1. The maximum absolute atomic E-state index is 10.5. The van der Waals surface area contributed by atoms with Gasteiger partial charge in [0.05, 0.1) is 17.8 Å². The fraction of sp³-hybridized carbons (Fsp3) is 0.625. The molecule has 5 nitrogen and oxygen atoms in total. The number of rotatable bonds is 6. The van der Waals surface area contributed by atoms with Crippen molar-refractivity contribution in [3.05, 3.63) is 20.8 Å². The molecule has 0 radical (unpaired) electrons. The third-order valence-electron chi connectivity index (χ3n) is 1.89. The first kappa shape index (κ1) is 12.4. The number of aryl methyl sites for hydroxylation is 1. The molecule has 0 amide bonds. The van der Waals surface area contributed by atoms with Crippen molar-refractivity contribution >= 4 is 33.3 Å². The van der Waals surface area contributed by atoms with E-state index in [1.807, 2.05) is 0 Å². The normalized spacial score (nSPS) is 10.5. The Hall–Kier alpha value is -0.620. The van der Waals surface area contributed by atoms with Crippen molar-refractivity contribution in [1.82, 2.24) is 9.78 Å². The average Bonchev–Trinajstić information content (AvgIpc) is 2.55. The monoisotopic (exact) mass is 295 g/mol. The van der Waals surface area contributed by atoms with Gasteiger partial charge >= 0.3 is 5.82 Å². The van der Waals surface area contributed by atoms with Gasteiger partial charge in [0.25, 0.3) is 0 Å². The van der Waals surface area contributed by atoms with Crippen LogP contribution in [0.15, 0.2) is 10.7 Å². The molecule has 0 saturated carbocycles. The number of nitrogens with zero attached hydrogens (tertiary/aromatic N) is 3.